The van der Waals surface area contributed by atoms with Gasteiger partial charge in [-0.3, -0.25) is 4.31 Å². The molecule has 1 atom stereocenters. The van der Waals surface area contributed by atoms with Crippen molar-refractivity contribution in [2.45, 2.75) is 32.1 Å². The second kappa shape index (κ2) is 8.03. The molecule has 0 aliphatic carbocycles. The Bertz CT molecular complexity index is 566. The lowest BCUT2D eigenvalue weighted by atomic mass is 10.0. The normalized spacial score (nSPS) is 12.3. The van der Waals surface area contributed by atoms with Gasteiger partial charge in [-0.1, -0.05) is 24.6 Å². The maximum absolute atomic E-state index is 11.6. The number of aryl methyl sites for hydroxylation is 2. The lowest BCUT2D eigenvalue weighted by Gasteiger charge is -2.19. The molecule has 0 aliphatic rings. The molecule has 0 saturated heterocycles. The molecule has 0 saturated carbocycles. The van der Waals surface area contributed by atoms with Gasteiger partial charge in [-0.25, -0.2) is 4.21 Å². The molecule has 0 N–H and O–H groups in total. The van der Waals surface area contributed by atoms with E-state index in [0.29, 0.717) is 0 Å². The number of rotatable bonds is 8. The fraction of sp³-hybridized carbons (Fsp3) is 0.412. The summed E-state index contributed by atoms with van der Waals surface area (Å²) in [6, 6.07) is 12.2. The smallest absolute Gasteiger partial charge is 0.116 e. The van der Waals surface area contributed by atoms with Gasteiger partial charge in [0.2, 0.25) is 0 Å². The predicted octanol–water partition coefficient (Wildman–Crippen LogP) is 3.96. The fourth-order valence-corrected chi connectivity index (χ4v) is 2.87. The summed E-state index contributed by atoms with van der Waals surface area (Å²) >= 11 is 0. The first kappa shape index (κ1) is 15.8. The number of para-hydroxylation sites is 1. The van der Waals surface area contributed by atoms with Gasteiger partial charge >= 0.3 is 0 Å². The second-order valence-electron chi connectivity index (χ2n) is 5.19. The first-order valence-corrected chi connectivity index (χ1v) is 8.87. The number of unbranched alkanes of at least 4 members (excludes halogenated alkanes) is 2. The van der Waals surface area contributed by atoms with Gasteiger partial charge in [0.15, 0.2) is 0 Å². The molecule has 1 aromatic heterocycles. The molecule has 0 amide bonds. The third-order valence-corrected chi connectivity index (χ3v) is 4.63. The van der Waals surface area contributed by atoms with Crippen molar-refractivity contribution in [3.05, 3.63) is 54.0 Å². The summed E-state index contributed by atoms with van der Waals surface area (Å²) < 4.78 is 18.8. The maximum Gasteiger partial charge on any atom is 0.116 e. The van der Waals surface area contributed by atoms with Crippen molar-refractivity contribution >= 4 is 16.7 Å². The van der Waals surface area contributed by atoms with E-state index in [-0.39, 0.29) is 0 Å². The van der Waals surface area contributed by atoms with E-state index in [1.54, 1.807) is 12.5 Å². The van der Waals surface area contributed by atoms with E-state index < -0.39 is 11.0 Å². The van der Waals surface area contributed by atoms with E-state index in [0.717, 1.165) is 37.1 Å². The van der Waals surface area contributed by atoms with Crippen LogP contribution in [-0.4, -0.2) is 17.5 Å². The van der Waals surface area contributed by atoms with Gasteiger partial charge in [0.25, 0.3) is 0 Å². The number of hydrogen-bond donors (Lipinski definition) is 0. The monoisotopic (exact) mass is 305 g/mol. The lowest BCUT2D eigenvalue weighted by Crippen LogP contribution is -2.20. The van der Waals surface area contributed by atoms with E-state index in [1.807, 2.05) is 41.7 Å². The van der Waals surface area contributed by atoms with Crippen LogP contribution in [0.3, 0.4) is 0 Å². The second-order valence-corrected chi connectivity index (χ2v) is 6.59. The van der Waals surface area contributed by atoms with Gasteiger partial charge in [-0.05, 0) is 43.0 Å². The van der Waals surface area contributed by atoms with E-state index in [1.165, 1.54) is 12.0 Å². The Morgan fingerprint density at radius 1 is 1.05 bits per heavy atom. The highest BCUT2D eigenvalue weighted by Crippen LogP contribution is 2.22. The van der Waals surface area contributed by atoms with Crippen molar-refractivity contribution in [1.82, 2.24) is 0 Å². The topological polar surface area (TPSA) is 33.5 Å². The Labute approximate surface area is 129 Å². The van der Waals surface area contributed by atoms with Gasteiger partial charge in [-0.2, -0.15) is 0 Å². The predicted molar refractivity (Wildman–Crippen MR) is 88.9 cm³/mol. The molecule has 0 fully saturated rings. The van der Waals surface area contributed by atoms with Crippen molar-refractivity contribution in [2.75, 3.05) is 17.6 Å². The molecular formula is C17H23NO2S. The zero-order valence-electron chi connectivity index (χ0n) is 12.7. The molecule has 2 rings (SSSR count). The first-order chi connectivity index (χ1) is 10.2. The quantitative estimate of drug-likeness (QED) is 0.692. The van der Waals surface area contributed by atoms with Gasteiger partial charge in [-0.15, -0.1) is 0 Å². The van der Waals surface area contributed by atoms with E-state index in [2.05, 4.69) is 6.07 Å². The highest BCUT2D eigenvalue weighted by atomic mass is 32.2. The number of anilines is 1. The van der Waals surface area contributed by atoms with Crippen molar-refractivity contribution < 1.29 is 8.63 Å². The molecule has 0 aliphatic heterocycles. The Kier molecular flexibility index (Phi) is 6.05. The Hall–Kier alpha value is -1.55. The third kappa shape index (κ3) is 4.74. The van der Waals surface area contributed by atoms with Gasteiger partial charge < -0.3 is 4.42 Å². The molecule has 4 heteroatoms. The summed E-state index contributed by atoms with van der Waals surface area (Å²) in [5.74, 6) is 1.07. The van der Waals surface area contributed by atoms with E-state index in [4.69, 9.17) is 4.42 Å². The van der Waals surface area contributed by atoms with Crippen molar-refractivity contribution in [3.63, 3.8) is 0 Å². The van der Waals surface area contributed by atoms with Gasteiger partial charge in [0, 0.05) is 19.7 Å². The molecule has 0 bridgehead atoms. The molecule has 21 heavy (non-hydrogen) atoms. The molecule has 3 nitrogen and oxygen atoms in total. The number of nitrogens with zero attached hydrogens (tertiary/aromatic N) is 1. The minimum atomic E-state index is -0.980. The minimum Gasteiger partial charge on any atom is -0.469 e. The van der Waals surface area contributed by atoms with Crippen LogP contribution in [-0.2, 0) is 23.8 Å². The van der Waals surface area contributed by atoms with E-state index in [9.17, 15) is 4.21 Å². The number of benzene rings is 1. The van der Waals surface area contributed by atoms with Gasteiger partial charge in [0.1, 0.15) is 16.7 Å². The first-order valence-electron chi connectivity index (χ1n) is 7.36. The van der Waals surface area contributed by atoms with Crippen LogP contribution in [0.25, 0.3) is 0 Å². The maximum atomic E-state index is 11.6. The summed E-state index contributed by atoms with van der Waals surface area (Å²) in [6.07, 6.45) is 8.93. The lowest BCUT2D eigenvalue weighted by molar-refractivity contribution is 0.495. The fourth-order valence-electron chi connectivity index (χ4n) is 2.41. The summed E-state index contributed by atoms with van der Waals surface area (Å²) in [4.78, 5) is 0. The van der Waals surface area contributed by atoms with E-state index >= 15 is 0 Å². The van der Waals surface area contributed by atoms with Crippen molar-refractivity contribution in [3.8, 4) is 0 Å². The zero-order valence-corrected chi connectivity index (χ0v) is 13.6. The van der Waals surface area contributed by atoms with Crippen molar-refractivity contribution in [2.24, 2.45) is 0 Å². The Balaban J connectivity index is 1.81. The van der Waals surface area contributed by atoms with Crippen LogP contribution in [0.4, 0.5) is 5.69 Å². The molecular weight excluding hydrogens is 282 g/mol. The largest absolute Gasteiger partial charge is 0.469 e. The summed E-state index contributed by atoms with van der Waals surface area (Å²) in [7, 11) is 0.901. The summed E-state index contributed by atoms with van der Waals surface area (Å²) in [5.41, 5.74) is 2.34. The molecule has 0 spiro atoms. The van der Waals surface area contributed by atoms with Crippen LogP contribution in [0.5, 0.6) is 0 Å². The molecule has 2 aromatic rings. The number of furan rings is 1. The SMILES string of the molecule is CN(c1ccccc1CCCCCc1ccco1)S(C)=O. The van der Waals surface area contributed by atoms with Crippen LogP contribution in [0, 0.1) is 0 Å². The van der Waals surface area contributed by atoms with Crippen LogP contribution in [0.2, 0.25) is 0 Å². The standard InChI is InChI=1S/C17H23NO2S/c1-18(21(2)19)17-13-7-6-10-15(17)9-4-3-5-11-16-12-8-14-20-16/h6-8,10,12-14H,3-5,9,11H2,1-2H3. The highest BCUT2D eigenvalue weighted by Gasteiger charge is 2.09. The molecule has 0 radical (unpaired) electrons. The minimum absolute atomic E-state index is 0.980. The summed E-state index contributed by atoms with van der Waals surface area (Å²) in [6.45, 7) is 0. The Morgan fingerprint density at radius 3 is 2.52 bits per heavy atom. The van der Waals surface area contributed by atoms with Crippen LogP contribution < -0.4 is 4.31 Å². The zero-order chi connectivity index (χ0) is 15.1. The molecule has 1 unspecified atom stereocenters. The highest BCUT2D eigenvalue weighted by molar-refractivity contribution is 7.85. The molecule has 1 aromatic carbocycles. The van der Waals surface area contributed by atoms with Crippen LogP contribution >= 0.6 is 0 Å². The van der Waals surface area contributed by atoms with Crippen LogP contribution in [0.15, 0.2) is 47.1 Å². The number of hydrogen-bond acceptors (Lipinski definition) is 2. The third-order valence-electron chi connectivity index (χ3n) is 3.67. The van der Waals surface area contributed by atoms with Gasteiger partial charge in [0.05, 0.1) is 12.0 Å². The summed E-state index contributed by atoms with van der Waals surface area (Å²) in [5, 5.41) is 0. The van der Waals surface area contributed by atoms with Crippen LogP contribution in [0.1, 0.15) is 30.6 Å². The average Bonchev–Trinajstić information content (AvgIpc) is 3.00. The molecule has 114 valence electrons. The van der Waals surface area contributed by atoms with Crippen molar-refractivity contribution in [1.29, 1.82) is 0 Å². The Morgan fingerprint density at radius 2 is 1.81 bits per heavy atom. The molecule has 1 heterocycles. The average molecular weight is 305 g/mol.